The zero-order chi connectivity index (χ0) is 20.4. The van der Waals surface area contributed by atoms with Crippen LogP contribution in [0.15, 0.2) is 48.7 Å². The molecule has 1 heterocycles. The van der Waals surface area contributed by atoms with Gasteiger partial charge in [0.2, 0.25) is 11.9 Å². The van der Waals surface area contributed by atoms with E-state index in [0.29, 0.717) is 35.7 Å². The van der Waals surface area contributed by atoms with Gasteiger partial charge in [0.15, 0.2) is 5.78 Å². The summed E-state index contributed by atoms with van der Waals surface area (Å²) in [5.74, 6) is 1.01. The maximum Gasteiger partial charge on any atom is 0.227 e. The number of amides is 1. The van der Waals surface area contributed by atoms with Crippen LogP contribution < -0.4 is 15.4 Å². The molecule has 1 aromatic heterocycles. The molecule has 0 atom stereocenters. The van der Waals surface area contributed by atoms with Crippen molar-refractivity contribution in [2.75, 3.05) is 17.7 Å². The standard InChI is InChI=1S/C22H20N4O3/c1-13(27)24-19-8-6-16(17-7-9-20(28)21(17)19)18-10-11-23-22(26-18)25-14-4-3-5-15(12-14)29-2/h3-6,8,10-12H,7,9H2,1-2H3,(H,24,27)(H,23,25,26). The smallest absolute Gasteiger partial charge is 0.227 e. The van der Waals surface area contributed by atoms with E-state index >= 15 is 0 Å². The lowest BCUT2D eigenvalue weighted by atomic mass is 9.98. The van der Waals surface area contributed by atoms with Crippen molar-refractivity contribution in [3.05, 3.63) is 59.8 Å². The number of ketones is 1. The highest BCUT2D eigenvalue weighted by Gasteiger charge is 2.27. The predicted molar refractivity (Wildman–Crippen MR) is 111 cm³/mol. The minimum atomic E-state index is -0.202. The van der Waals surface area contributed by atoms with Crippen LogP contribution in [-0.4, -0.2) is 28.8 Å². The summed E-state index contributed by atoms with van der Waals surface area (Å²) in [7, 11) is 1.61. The highest BCUT2D eigenvalue weighted by Crippen LogP contribution is 2.36. The van der Waals surface area contributed by atoms with E-state index in [-0.39, 0.29) is 11.7 Å². The van der Waals surface area contributed by atoms with E-state index in [1.807, 2.05) is 36.4 Å². The van der Waals surface area contributed by atoms with Gasteiger partial charge in [-0.1, -0.05) is 12.1 Å². The van der Waals surface area contributed by atoms with Crippen LogP contribution in [-0.2, 0) is 11.2 Å². The number of carbonyl (C=O) groups is 2. The Labute approximate surface area is 168 Å². The minimum absolute atomic E-state index is 0.0365. The summed E-state index contributed by atoms with van der Waals surface area (Å²) in [6.45, 7) is 1.43. The van der Waals surface area contributed by atoms with E-state index in [0.717, 1.165) is 22.6 Å². The number of aromatic nitrogens is 2. The Kier molecular flexibility index (Phi) is 4.95. The van der Waals surface area contributed by atoms with Gasteiger partial charge in [0.1, 0.15) is 5.75 Å². The van der Waals surface area contributed by atoms with Crippen molar-refractivity contribution in [3.63, 3.8) is 0 Å². The van der Waals surface area contributed by atoms with Crippen molar-refractivity contribution in [1.29, 1.82) is 0 Å². The summed E-state index contributed by atoms with van der Waals surface area (Å²) in [6, 6.07) is 13.0. The van der Waals surface area contributed by atoms with Crippen LogP contribution in [0.5, 0.6) is 5.75 Å². The van der Waals surface area contributed by atoms with Gasteiger partial charge in [0.05, 0.1) is 18.5 Å². The molecule has 0 aliphatic heterocycles. The Morgan fingerprint density at radius 2 is 2.00 bits per heavy atom. The zero-order valence-corrected chi connectivity index (χ0v) is 16.2. The molecule has 1 amide bonds. The van der Waals surface area contributed by atoms with Gasteiger partial charge < -0.3 is 15.4 Å². The number of nitrogens with zero attached hydrogens (tertiary/aromatic N) is 2. The van der Waals surface area contributed by atoms with Crippen LogP contribution in [0.4, 0.5) is 17.3 Å². The van der Waals surface area contributed by atoms with Gasteiger partial charge in [-0.2, -0.15) is 0 Å². The number of rotatable bonds is 5. The molecule has 1 aliphatic rings. The maximum absolute atomic E-state index is 12.4. The largest absolute Gasteiger partial charge is 0.497 e. The Morgan fingerprint density at radius 1 is 1.14 bits per heavy atom. The summed E-state index contributed by atoms with van der Waals surface area (Å²) < 4.78 is 5.24. The summed E-state index contributed by atoms with van der Waals surface area (Å²) in [5, 5.41) is 5.93. The van der Waals surface area contributed by atoms with Crippen LogP contribution in [0.2, 0.25) is 0 Å². The predicted octanol–water partition coefficient (Wildman–Crippen LogP) is 3.98. The molecule has 0 radical (unpaired) electrons. The number of anilines is 3. The fourth-order valence-corrected chi connectivity index (χ4v) is 3.52. The molecule has 0 spiro atoms. The topological polar surface area (TPSA) is 93.2 Å². The van der Waals surface area contributed by atoms with Gasteiger partial charge in [0.25, 0.3) is 0 Å². The average molecular weight is 388 g/mol. The van der Waals surface area contributed by atoms with E-state index in [1.54, 1.807) is 19.4 Å². The van der Waals surface area contributed by atoms with Crippen molar-refractivity contribution < 1.29 is 14.3 Å². The number of benzene rings is 2. The molecule has 0 bridgehead atoms. The molecule has 1 aliphatic carbocycles. The average Bonchev–Trinajstić information content (AvgIpc) is 3.10. The van der Waals surface area contributed by atoms with E-state index < -0.39 is 0 Å². The first kappa shape index (κ1) is 18.6. The molecule has 7 heteroatoms. The molecular weight excluding hydrogens is 368 g/mol. The Hall–Kier alpha value is -3.74. The number of ether oxygens (including phenoxy) is 1. The van der Waals surface area contributed by atoms with Crippen molar-refractivity contribution >= 4 is 29.0 Å². The number of methoxy groups -OCH3 is 1. The lowest BCUT2D eigenvalue weighted by Crippen LogP contribution is -2.10. The number of nitrogens with one attached hydrogen (secondary N) is 2. The summed E-state index contributed by atoms with van der Waals surface area (Å²) in [5.41, 5.74) is 4.44. The number of Topliss-reactive ketones (excluding diaryl/α,β-unsaturated/α-hetero) is 1. The maximum atomic E-state index is 12.4. The van der Waals surface area contributed by atoms with Crippen LogP contribution in [0.3, 0.4) is 0 Å². The molecule has 7 nitrogen and oxygen atoms in total. The normalized spacial score (nSPS) is 12.4. The molecule has 0 unspecified atom stereocenters. The quantitative estimate of drug-likeness (QED) is 0.687. The summed E-state index contributed by atoms with van der Waals surface area (Å²) >= 11 is 0. The summed E-state index contributed by atoms with van der Waals surface area (Å²) in [4.78, 5) is 32.8. The van der Waals surface area contributed by atoms with Crippen molar-refractivity contribution in [1.82, 2.24) is 9.97 Å². The number of hydrogen-bond donors (Lipinski definition) is 2. The van der Waals surface area contributed by atoms with Gasteiger partial charge >= 0.3 is 0 Å². The van der Waals surface area contributed by atoms with Crippen LogP contribution >= 0.6 is 0 Å². The Morgan fingerprint density at radius 3 is 2.79 bits per heavy atom. The van der Waals surface area contributed by atoms with Crippen molar-refractivity contribution in [2.45, 2.75) is 19.8 Å². The van der Waals surface area contributed by atoms with Gasteiger partial charge in [-0.25, -0.2) is 9.97 Å². The lowest BCUT2D eigenvalue weighted by Gasteiger charge is -2.13. The second-order valence-corrected chi connectivity index (χ2v) is 6.74. The first-order valence-corrected chi connectivity index (χ1v) is 9.26. The van der Waals surface area contributed by atoms with E-state index in [2.05, 4.69) is 20.6 Å². The van der Waals surface area contributed by atoms with Crippen LogP contribution in [0.25, 0.3) is 11.3 Å². The van der Waals surface area contributed by atoms with Gasteiger partial charge in [-0.15, -0.1) is 0 Å². The van der Waals surface area contributed by atoms with Gasteiger partial charge in [0, 0.05) is 42.4 Å². The number of carbonyl (C=O) groups excluding carboxylic acids is 2. The molecule has 3 aromatic rings. The fourth-order valence-electron chi connectivity index (χ4n) is 3.52. The van der Waals surface area contributed by atoms with Crippen LogP contribution in [0, 0.1) is 0 Å². The zero-order valence-electron chi connectivity index (χ0n) is 16.2. The van der Waals surface area contributed by atoms with Crippen molar-refractivity contribution in [2.24, 2.45) is 0 Å². The van der Waals surface area contributed by atoms with E-state index in [9.17, 15) is 9.59 Å². The molecule has 29 heavy (non-hydrogen) atoms. The molecule has 146 valence electrons. The molecule has 0 saturated heterocycles. The fraction of sp³-hybridized carbons (Fsp3) is 0.182. The van der Waals surface area contributed by atoms with E-state index in [4.69, 9.17) is 4.74 Å². The van der Waals surface area contributed by atoms with Crippen LogP contribution in [0.1, 0.15) is 29.3 Å². The lowest BCUT2D eigenvalue weighted by molar-refractivity contribution is -0.114. The highest BCUT2D eigenvalue weighted by molar-refractivity contribution is 6.09. The monoisotopic (exact) mass is 388 g/mol. The molecule has 0 fully saturated rings. The number of fused-ring (bicyclic) bond motifs is 1. The van der Waals surface area contributed by atoms with Crippen molar-refractivity contribution in [3.8, 4) is 17.0 Å². The Bertz CT molecular complexity index is 1110. The highest BCUT2D eigenvalue weighted by atomic mass is 16.5. The van der Waals surface area contributed by atoms with Gasteiger partial charge in [-0.3, -0.25) is 9.59 Å². The minimum Gasteiger partial charge on any atom is -0.497 e. The van der Waals surface area contributed by atoms with Gasteiger partial charge in [-0.05, 0) is 36.2 Å². The third-order valence-corrected chi connectivity index (χ3v) is 4.76. The first-order valence-electron chi connectivity index (χ1n) is 9.26. The molecule has 4 rings (SSSR count). The molecule has 0 saturated carbocycles. The second kappa shape index (κ2) is 7.71. The summed E-state index contributed by atoms with van der Waals surface area (Å²) in [6.07, 6.45) is 2.73. The third kappa shape index (κ3) is 3.80. The third-order valence-electron chi connectivity index (χ3n) is 4.76. The molecule has 2 aromatic carbocycles. The molecular formula is C22H20N4O3. The Balaban J connectivity index is 1.70. The SMILES string of the molecule is COc1cccc(Nc2nccc(-c3ccc(NC(C)=O)c4c3CCC4=O)n2)c1. The van der Waals surface area contributed by atoms with E-state index in [1.165, 1.54) is 6.92 Å². The number of hydrogen-bond acceptors (Lipinski definition) is 6. The molecule has 2 N–H and O–H groups in total. The second-order valence-electron chi connectivity index (χ2n) is 6.74. The first-order chi connectivity index (χ1) is 14.0.